The number of nitrogens with one attached hydrogen (secondary N) is 1. The molecule has 0 aliphatic carbocycles. The Hall–Kier alpha value is -3.53. The number of hydrogen-bond donors (Lipinski definition) is 1. The van der Waals surface area contributed by atoms with E-state index in [0.29, 0.717) is 11.6 Å². The summed E-state index contributed by atoms with van der Waals surface area (Å²) in [6, 6.07) is 17.1. The van der Waals surface area contributed by atoms with Crippen molar-refractivity contribution >= 4 is 39.8 Å². The predicted octanol–water partition coefficient (Wildman–Crippen LogP) is 6.63. The average Bonchev–Trinajstić information content (AvgIpc) is 3.36. The molecule has 0 atom stereocenters. The lowest BCUT2D eigenvalue weighted by Gasteiger charge is -2.31. The zero-order valence-corrected chi connectivity index (χ0v) is 20.0. The number of nitrogens with zero attached hydrogens (tertiary/aromatic N) is 3. The molecule has 1 aliphatic heterocycles. The highest BCUT2D eigenvalue weighted by Gasteiger charge is 2.32. The Labute approximate surface area is 209 Å². The predicted molar refractivity (Wildman–Crippen MR) is 134 cm³/mol. The second-order valence-corrected chi connectivity index (χ2v) is 9.44. The van der Waals surface area contributed by atoms with Gasteiger partial charge < -0.3 is 14.6 Å². The summed E-state index contributed by atoms with van der Waals surface area (Å²) in [4.78, 5) is 14.7. The van der Waals surface area contributed by atoms with Crippen molar-refractivity contribution in [2.75, 3.05) is 29.1 Å². The third-order valence-corrected chi connectivity index (χ3v) is 6.87. The molecule has 0 saturated carbocycles. The van der Waals surface area contributed by atoms with Crippen molar-refractivity contribution in [1.82, 2.24) is 10.2 Å². The number of benzene rings is 3. The van der Waals surface area contributed by atoms with E-state index in [0.717, 1.165) is 72.6 Å². The summed E-state index contributed by atoms with van der Waals surface area (Å²) in [5.41, 5.74) is 0.728. The number of fused-ring (bicyclic) bond motifs is 1. The number of thioether (sulfide) groups is 1. The summed E-state index contributed by atoms with van der Waals surface area (Å²) in [5, 5.41) is 13.0. The monoisotopic (exact) mass is 512 g/mol. The molecule has 1 N–H and O–H groups in total. The van der Waals surface area contributed by atoms with Gasteiger partial charge in [0.25, 0.3) is 5.22 Å². The minimum atomic E-state index is -4.50. The van der Waals surface area contributed by atoms with Gasteiger partial charge in [-0.25, -0.2) is 0 Å². The molecule has 0 bridgehead atoms. The second-order valence-electron chi connectivity index (χ2n) is 8.51. The number of rotatable bonds is 6. The maximum Gasteiger partial charge on any atom is 0.416 e. The van der Waals surface area contributed by atoms with E-state index in [-0.39, 0.29) is 16.7 Å². The molecule has 4 aromatic rings. The Morgan fingerprint density at radius 3 is 2.58 bits per heavy atom. The molecule has 6 nitrogen and oxygen atoms in total. The van der Waals surface area contributed by atoms with Gasteiger partial charge in [-0.3, -0.25) is 4.79 Å². The SMILES string of the molecule is O=C(CSc1nnc(-c2cccc3ccccc23)o1)Nc1cc(C(F)(F)F)ccc1N1CCCCC1. The molecule has 36 heavy (non-hydrogen) atoms. The van der Waals surface area contributed by atoms with Crippen LogP contribution >= 0.6 is 11.8 Å². The van der Waals surface area contributed by atoms with E-state index in [9.17, 15) is 18.0 Å². The molecule has 10 heteroatoms. The number of amides is 1. The fourth-order valence-electron chi connectivity index (χ4n) is 4.33. The van der Waals surface area contributed by atoms with Gasteiger partial charge in [0.2, 0.25) is 11.8 Å². The quantitative estimate of drug-likeness (QED) is 0.293. The van der Waals surface area contributed by atoms with Crippen LogP contribution in [0.1, 0.15) is 24.8 Å². The summed E-state index contributed by atoms with van der Waals surface area (Å²) in [7, 11) is 0. The Balaban J connectivity index is 1.30. The Kier molecular flexibility index (Phi) is 6.86. The van der Waals surface area contributed by atoms with Crippen LogP contribution in [0.25, 0.3) is 22.2 Å². The highest BCUT2D eigenvalue weighted by atomic mass is 32.2. The Morgan fingerprint density at radius 1 is 1.00 bits per heavy atom. The van der Waals surface area contributed by atoms with Gasteiger partial charge in [-0.1, -0.05) is 48.2 Å². The first-order valence-electron chi connectivity index (χ1n) is 11.6. The highest BCUT2D eigenvalue weighted by molar-refractivity contribution is 7.99. The van der Waals surface area contributed by atoms with Crippen LogP contribution in [0.5, 0.6) is 0 Å². The Morgan fingerprint density at radius 2 is 1.78 bits per heavy atom. The number of carbonyl (C=O) groups excluding carboxylic acids is 1. The maximum absolute atomic E-state index is 13.3. The third-order valence-electron chi connectivity index (χ3n) is 6.05. The molecule has 0 radical (unpaired) electrons. The first kappa shape index (κ1) is 24.2. The van der Waals surface area contributed by atoms with Crippen molar-refractivity contribution in [3.63, 3.8) is 0 Å². The van der Waals surface area contributed by atoms with Crippen molar-refractivity contribution in [3.8, 4) is 11.5 Å². The van der Waals surface area contributed by atoms with Crippen LogP contribution in [0.15, 0.2) is 70.3 Å². The summed E-state index contributed by atoms with van der Waals surface area (Å²) in [6.07, 6.45) is -1.50. The molecule has 1 aromatic heterocycles. The van der Waals surface area contributed by atoms with Gasteiger partial charge in [-0.15, -0.1) is 10.2 Å². The van der Waals surface area contributed by atoms with Crippen molar-refractivity contribution in [2.24, 2.45) is 0 Å². The van der Waals surface area contributed by atoms with Gasteiger partial charge in [0, 0.05) is 18.7 Å². The topological polar surface area (TPSA) is 71.3 Å². The lowest BCUT2D eigenvalue weighted by atomic mass is 10.0. The van der Waals surface area contributed by atoms with Gasteiger partial charge in [0.05, 0.1) is 22.7 Å². The van der Waals surface area contributed by atoms with Crippen molar-refractivity contribution in [1.29, 1.82) is 0 Å². The number of halogens is 3. The van der Waals surface area contributed by atoms with Crippen LogP contribution in [0.2, 0.25) is 0 Å². The molecular weight excluding hydrogens is 489 g/mol. The van der Waals surface area contributed by atoms with Gasteiger partial charge in [0.1, 0.15) is 0 Å². The molecular formula is C26H23F3N4O2S. The highest BCUT2D eigenvalue weighted by Crippen LogP contribution is 2.36. The molecule has 3 aromatic carbocycles. The van der Waals surface area contributed by atoms with Crippen LogP contribution in [-0.4, -0.2) is 34.9 Å². The Bertz CT molecular complexity index is 1380. The largest absolute Gasteiger partial charge is 0.416 e. The van der Waals surface area contributed by atoms with Crippen LogP contribution < -0.4 is 10.2 Å². The van der Waals surface area contributed by atoms with E-state index in [1.807, 2.05) is 47.4 Å². The standard InChI is InChI=1S/C26H23F3N4O2S/c27-26(28,29)18-11-12-22(33-13-4-1-5-14-33)21(15-18)30-23(34)16-36-25-32-31-24(35-25)20-10-6-8-17-7-2-3-9-19(17)20/h2-3,6-12,15H,1,4-5,13-14,16H2,(H,30,34). The van der Waals surface area contributed by atoms with E-state index in [4.69, 9.17) is 4.42 Å². The summed E-state index contributed by atoms with van der Waals surface area (Å²) in [5.74, 6) is -0.213. The molecule has 0 unspecified atom stereocenters. The lowest BCUT2D eigenvalue weighted by molar-refractivity contribution is -0.137. The van der Waals surface area contributed by atoms with E-state index < -0.39 is 17.6 Å². The van der Waals surface area contributed by atoms with Gasteiger partial charge in [-0.2, -0.15) is 13.2 Å². The molecule has 5 rings (SSSR count). The lowest BCUT2D eigenvalue weighted by Crippen LogP contribution is -2.30. The van der Waals surface area contributed by atoms with Crippen molar-refractivity contribution < 1.29 is 22.4 Å². The maximum atomic E-state index is 13.3. The van der Waals surface area contributed by atoms with E-state index >= 15 is 0 Å². The molecule has 1 amide bonds. The summed E-state index contributed by atoms with van der Waals surface area (Å²) >= 11 is 1.03. The number of aromatic nitrogens is 2. The zero-order chi connectivity index (χ0) is 25.1. The number of carbonyl (C=O) groups is 1. The fraction of sp³-hybridized carbons (Fsp3) is 0.269. The van der Waals surface area contributed by atoms with Crippen LogP contribution in [0.4, 0.5) is 24.5 Å². The van der Waals surface area contributed by atoms with Crippen LogP contribution in [-0.2, 0) is 11.0 Å². The third kappa shape index (κ3) is 5.33. The first-order chi connectivity index (χ1) is 17.4. The first-order valence-corrected chi connectivity index (χ1v) is 12.6. The summed E-state index contributed by atoms with van der Waals surface area (Å²) < 4.78 is 45.8. The van der Waals surface area contributed by atoms with Gasteiger partial charge >= 0.3 is 6.18 Å². The van der Waals surface area contributed by atoms with Crippen LogP contribution in [0.3, 0.4) is 0 Å². The number of hydrogen-bond acceptors (Lipinski definition) is 6. The molecule has 1 saturated heterocycles. The minimum Gasteiger partial charge on any atom is -0.411 e. The minimum absolute atomic E-state index is 0.0904. The second kappa shape index (κ2) is 10.2. The zero-order valence-electron chi connectivity index (χ0n) is 19.2. The van der Waals surface area contributed by atoms with Crippen molar-refractivity contribution in [3.05, 3.63) is 66.2 Å². The summed E-state index contributed by atoms with van der Waals surface area (Å²) in [6.45, 7) is 1.48. The fourth-order valence-corrected chi connectivity index (χ4v) is 4.89. The molecule has 0 spiro atoms. The number of alkyl halides is 3. The molecule has 2 heterocycles. The number of anilines is 2. The molecule has 1 aliphatic rings. The van der Waals surface area contributed by atoms with Crippen molar-refractivity contribution in [2.45, 2.75) is 30.7 Å². The van der Waals surface area contributed by atoms with Crippen LogP contribution in [0, 0.1) is 0 Å². The van der Waals surface area contributed by atoms with Gasteiger partial charge in [0.15, 0.2) is 0 Å². The van der Waals surface area contributed by atoms with E-state index in [1.54, 1.807) is 0 Å². The number of piperidine rings is 1. The molecule has 186 valence electrons. The average molecular weight is 513 g/mol. The van der Waals surface area contributed by atoms with Gasteiger partial charge in [-0.05, 0) is 54.3 Å². The van der Waals surface area contributed by atoms with E-state index in [2.05, 4.69) is 15.5 Å². The smallest absolute Gasteiger partial charge is 0.411 e. The van der Waals surface area contributed by atoms with E-state index in [1.165, 1.54) is 6.07 Å². The normalized spacial score (nSPS) is 14.2. The molecule has 1 fully saturated rings.